The Morgan fingerprint density at radius 1 is 0.794 bits per heavy atom. The van der Waals surface area contributed by atoms with Crippen molar-refractivity contribution in [1.82, 2.24) is 0 Å². The average molecular weight is 490 g/mol. The summed E-state index contributed by atoms with van der Waals surface area (Å²) in [5.74, 6) is -7.44. The molecule has 10 heteroatoms. The van der Waals surface area contributed by atoms with Gasteiger partial charge in [-0.2, -0.15) is 17.6 Å². The lowest BCUT2D eigenvalue weighted by Gasteiger charge is -2.20. The molecule has 34 heavy (non-hydrogen) atoms. The maximum Gasteiger partial charge on any atom is 0.432 e. The van der Waals surface area contributed by atoms with Crippen LogP contribution in [0.25, 0.3) is 11.1 Å². The van der Waals surface area contributed by atoms with Crippen molar-refractivity contribution < 1.29 is 44.6 Å². The second-order valence-electron chi connectivity index (χ2n) is 7.33. The smallest absolute Gasteiger partial charge is 0.429 e. The van der Waals surface area contributed by atoms with E-state index in [4.69, 9.17) is 0 Å². The van der Waals surface area contributed by atoms with Gasteiger partial charge in [0, 0.05) is 0 Å². The molecule has 0 spiro atoms. The molecule has 0 saturated heterocycles. The van der Waals surface area contributed by atoms with Gasteiger partial charge in [-0.15, -0.1) is 0 Å². The fourth-order valence-corrected chi connectivity index (χ4v) is 3.27. The molecular weight excluding hydrogens is 472 g/mol. The molecule has 0 atom stereocenters. The molecule has 0 N–H and O–H groups in total. The minimum Gasteiger partial charge on any atom is -0.429 e. The number of unbranched alkanes of at least 4 members (excludes halogenated alkanes) is 1. The van der Waals surface area contributed by atoms with E-state index in [0.29, 0.717) is 12.8 Å². The summed E-state index contributed by atoms with van der Waals surface area (Å²) in [5.41, 5.74) is -1.29. The monoisotopic (exact) mass is 490 g/mol. The molecule has 0 radical (unpaired) electrons. The molecule has 0 saturated carbocycles. The van der Waals surface area contributed by atoms with Crippen LogP contribution in [0, 0.1) is 23.3 Å². The highest BCUT2D eigenvalue weighted by Crippen LogP contribution is 2.37. The number of benzene rings is 3. The number of rotatable bonds is 9. The molecule has 0 aromatic heterocycles. The van der Waals surface area contributed by atoms with E-state index in [1.807, 2.05) is 6.92 Å². The van der Waals surface area contributed by atoms with Crippen molar-refractivity contribution in [2.75, 3.05) is 0 Å². The highest BCUT2D eigenvalue weighted by atomic mass is 19.3. The molecule has 3 aromatic rings. The Bertz CT molecular complexity index is 1100. The molecule has 2 nitrogen and oxygen atoms in total. The third kappa shape index (κ3) is 5.78. The van der Waals surface area contributed by atoms with Gasteiger partial charge in [-0.1, -0.05) is 25.5 Å². The Morgan fingerprint density at radius 2 is 1.35 bits per heavy atom. The van der Waals surface area contributed by atoms with Crippen molar-refractivity contribution in [3.8, 4) is 22.6 Å². The Kier molecular flexibility index (Phi) is 7.68. The van der Waals surface area contributed by atoms with E-state index in [1.54, 1.807) is 0 Å². The van der Waals surface area contributed by atoms with E-state index in [9.17, 15) is 35.1 Å². The first kappa shape index (κ1) is 25.3. The molecule has 0 fully saturated rings. The van der Waals surface area contributed by atoms with Crippen molar-refractivity contribution in [2.45, 2.75) is 38.9 Å². The van der Waals surface area contributed by atoms with Crippen LogP contribution in [0.5, 0.6) is 11.5 Å². The van der Waals surface area contributed by atoms with Crippen LogP contribution in [0.15, 0.2) is 48.5 Å². The van der Waals surface area contributed by atoms with Gasteiger partial charge in [-0.3, -0.25) is 0 Å². The summed E-state index contributed by atoms with van der Waals surface area (Å²) in [5, 5.41) is 0. The van der Waals surface area contributed by atoms with E-state index < -0.39 is 53.1 Å². The number of hydrogen-bond donors (Lipinski definition) is 0. The molecule has 0 bridgehead atoms. The van der Waals surface area contributed by atoms with Crippen molar-refractivity contribution >= 4 is 0 Å². The van der Waals surface area contributed by atoms with Crippen LogP contribution < -0.4 is 9.47 Å². The molecule has 182 valence electrons. The van der Waals surface area contributed by atoms with E-state index in [0.717, 1.165) is 55.0 Å². The summed E-state index contributed by atoms with van der Waals surface area (Å²) in [7, 11) is 0. The summed E-state index contributed by atoms with van der Waals surface area (Å²) in [6.45, 7) is -1.56. The third-order valence-electron chi connectivity index (χ3n) is 4.85. The topological polar surface area (TPSA) is 18.5 Å². The number of ether oxygens (including phenoxy) is 2. The van der Waals surface area contributed by atoms with Crippen molar-refractivity contribution in [3.63, 3.8) is 0 Å². The molecule has 0 aliphatic rings. The fraction of sp³-hybridized carbons (Fsp3) is 0.250. The Balaban J connectivity index is 1.82. The minimum atomic E-state index is -4.36. The summed E-state index contributed by atoms with van der Waals surface area (Å²) >= 11 is 0. The van der Waals surface area contributed by atoms with Crippen molar-refractivity contribution in [2.24, 2.45) is 0 Å². The van der Waals surface area contributed by atoms with E-state index >= 15 is 0 Å². The highest BCUT2D eigenvalue weighted by Gasteiger charge is 2.41. The van der Waals surface area contributed by atoms with Gasteiger partial charge in [0.05, 0.1) is 0 Å². The SMILES string of the molecule is CCCCc1cc(F)c(C(F)(F)Oc2ccc(-c3cc(F)c(OC(F)F)c(F)c3)cc2)c(F)c1. The lowest BCUT2D eigenvalue weighted by atomic mass is 10.0. The number of hydrogen-bond acceptors (Lipinski definition) is 2. The van der Waals surface area contributed by atoms with E-state index in [2.05, 4.69) is 9.47 Å². The first-order valence-electron chi connectivity index (χ1n) is 10.1. The van der Waals surface area contributed by atoms with E-state index in [1.165, 1.54) is 0 Å². The summed E-state index contributed by atoms with van der Waals surface area (Å²) in [4.78, 5) is 0. The van der Waals surface area contributed by atoms with Gasteiger partial charge < -0.3 is 9.47 Å². The molecule has 0 amide bonds. The molecule has 0 aliphatic heterocycles. The number of aryl methyl sites for hydroxylation is 1. The average Bonchev–Trinajstić information content (AvgIpc) is 2.74. The van der Waals surface area contributed by atoms with Crippen molar-refractivity contribution in [1.29, 1.82) is 0 Å². The Morgan fingerprint density at radius 3 is 1.85 bits per heavy atom. The predicted molar refractivity (Wildman–Crippen MR) is 108 cm³/mol. The van der Waals surface area contributed by atoms with Gasteiger partial charge in [0.25, 0.3) is 0 Å². The van der Waals surface area contributed by atoms with Crippen LogP contribution in [-0.2, 0) is 12.5 Å². The van der Waals surface area contributed by atoms with Crippen LogP contribution >= 0.6 is 0 Å². The standard InChI is InChI=1S/C24H18F8O2/c1-2-3-4-13-9-17(25)21(18(26)10-13)24(31,32)34-16-7-5-14(6-8-16)15-11-19(27)22(20(28)12-15)33-23(29)30/h5-12,23H,2-4H2,1H3. The zero-order valence-corrected chi connectivity index (χ0v) is 17.7. The molecule has 3 aromatic carbocycles. The quantitative estimate of drug-likeness (QED) is 0.283. The van der Waals surface area contributed by atoms with Crippen LogP contribution in [-0.4, -0.2) is 6.61 Å². The molecule has 0 unspecified atom stereocenters. The first-order chi connectivity index (χ1) is 16.0. The maximum atomic E-state index is 14.5. The number of alkyl halides is 4. The van der Waals surface area contributed by atoms with Crippen LogP contribution in [0.3, 0.4) is 0 Å². The van der Waals surface area contributed by atoms with Gasteiger partial charge in [-0.25, -0.2) is 17.6 Å². The van der Waals surface area contributed by atoms with Gasteiger partial charge in [0.2, 0.25) is 0 Å². The fourth-order valence-electron chi connectivity index (χ4n) is 3.27. The predicted octanol–water partition coefficient (Wildman–Crippen LogP) is 7.98. The Hall–Kier alpha value is -3.30. The summed E-state index contributed by atoms with van der Waals surface area (Å²) in [6.07, 6.45) is -2.64. The minimum absolute atomic E-state index is 0.102. The first-order valence-corrected chi connectivity index (χ1v) is 10.1. The van der Waals surface area contributed by atoms with Gasteiger partial charge in [-0.05, 0) is 65.9 Å². The number of halogens is 8. The maximum absolute atomic E-state index is 14.5. The highest BCUT2D eigenvalue weighted by molar-refractivity contribution is 5.65. The van der Waals surface area contributed by atoms with Crippen LogP contribution in [0.4, 0.5) is 35.1 Å². The molecular formula is C24H18F8O2. The lowest BCUT2D eigenvalue weighted by molar-refractivity contribution is -0.189. The second kappa shape index (κ2) is 10.3. The van der Waals surface area contributed by atoms with Crippen molar-refractivity contribution in [3.05, 3.63) is 82.9 Å². The molecule has 3 rings (SSSR count). The van der Waals surface area contributed by atoms with Gasteiger partial charge >= 0.3 is 12.7 Å². The largest absolute Gasteiger partial charge is 0.432 e. The van der Waals surface area contributed by atoms with Gasteiger partial charge in [0.1, 0.15) is 22.9 Å². The molecule has 0 heterocycles. The van der Waals surface area contributed by atoms with Gasteiger partial charge in [0.15, 0.2) is 17.4 Å². The normalized spacial score (nSPS) is 11.7. The summed E-state index contributed by atoms with van der Waals surface area (Å²) in [6, 6.07) is 7.38. The van der Waals surface area contributed by atoms with Crippen LogP contribution in [0.1, 0.15) is 30.9 Å². The Labute approximate surface area is 189 Å². The van der Waals surface area contributed by atoms with Crippen LogP contribution in [0.2, 0.25) is 0 Å². The zero-order valence-electron chi connectivity index (χ0n) is 17.7. The van der Waals surface area contributed by atoms with E-state index in [-0.39, 0.29) is 16.7 Å². The lowest BCUT2D eigenvalue weighted by Crippen LogP contribution is -2.25. The summed E-state index contributed by atoms with van der Waals surface area (Å²) < 4.78 is 118. The zero-order chi connectivity index (χ0) is 25.0. The third-order valence-corrected chi connectivity index (χ3v) is 4.85. The second-order valence-corrected chi connectivity index (χ2v) is 7.33. The molecule has 0 aliphatic carbocycles.